The van der Waals surface area contributed by atoms with Crippen molar-refractivity contribution in [3.8, 4) is 21.8 Å². The Labute approximate surface area is 129 Å². The lowest BCUT2D eigenvalue weighted by molar-refractivity contribution is 0.628. The normalized spacial score (nSPS) is 10.8. The lowest BCUT2D eigenvalue weighted by Gasteiger charge is -2.03. The number of halogens is 1. The van der Waals surface area contributed by atoms with Crippen molar-refractivity contribution in [1.82, 2.24) is 15.0 Å². The fourth-order valence-corrected chi connectivity index (χ4v) is 3.09. The third-order valence-electron chi connectivity index (χ3n) is 2.79. The highest BCUT2D eigenvalue weighted by Gasteiger charge is 2.15. The van der Waals surface area contributed by atoms with E-state index >= 15 is 0 Å². The minimum absolute atomic E-state index is 0.308. The van der Waals surface area contributed by atoms with Gasteiger partial charge in [0.05, 0.1) is 16.3 Å². The molecule has 0 atom stereocenters. The van der Waals surface area contributed by atoms with Crippen LogP contribution in [0.25, 0.3) is 21.8 Å². The van der Waals surface area contributed by atoms with Gasteiger partial charge in [-0.15, -0.1) is 0 Å². The molecule has 7 heteroatoms. The van der Waals surface area contributed by atoms with Gasteiger partial charge in [0.1, 0.15) is 5.82 Å². The number of nitrogen functional groups attached to an aromatic ring is 1. The Balaban J connectivity index is 2.15. The van der Waals surface area contributed by atoms with Gasteiger partial charge in [0.25, 0.3) is 0 Å². The standard InChI is InChI=1S/C14H11FN4S2/c1-20-14-17-6-5-10(18-14)12-11(19-13(16)21-12)8-3-2-4-9(15)7-8/h2-7H,1H3,(H2,16,19). The van der Waals surface area contributed by atoms with Crippen LogP contribution in [-0.4, -0.2) is 21.2 Å². The van der Waals surface area contributed by atoms with Gasteiger partial charge in [-0.05, 0) is 24.5 Å². The Morgan fingerprint density at radius 1 is 1.24 bits per heavy atom. The Morgan fingerprint density at radius 2 is 2.10 bits per heavy atom. The van der Waals surface area contributed by atoms with Crippen molar-refractivity contribution < 1.29 is 4.39 Å². The molecule has 21 heavy (non-hydrogen) atoms. The highest BCUT2D eigenvalue weighted by Crippen LogP contribution is 2.37. The third-order valence-corrected chi connectivity index (χ3v) is 4.26. The van der Waals surface area contributed by atoms with E-state index in [9.17, 15) is 4.39 Å². The smallest absolute Gasteiger partial charge is 0.187 e. The summed E-state index contributed by atoms with van der Waals surface area (Å²) in [4.78, 5) is 13.7. The summed E-state index contributed by atoms with van der Waals surface area (Å²) in [6, 6.07) is 8.09. The number of rotatable bonds is 3. The molecule has 0 fully saturated rings. The average molecular weight is 318 g/mol. The lowest BCUT2D eigenvalue weighted by Crippen LogP contribution is -1.90. The number of nitrogens with two attached hydrogens (primary N) is 1. The molecule has 0 aliphatic heterocycles. The van der Waals surface area contributed by atoms with Gasteiger partial charge in [0.2, 0.25) is 0 Å². The minimum atomic E-state index is -0.308. The van der Waals surface area contributed by atoms with Crippen LogP contribution in [0.2, 0.25) is 0 Å². The molecular formula is C14H11FN4S2. The van der Waals surface area contributed by atoms with Crippen LogP contribution >= 0.6 is 23.1 Å². The van der Waals surface area contributed by atoms with Gasteiger partial charge in [0.15, 0.2) is 10.3 Å². The van der Waals surface area contributed by atoms with Crippen LogP contribution in [0.5, 0.6) is 0 Å². The van der Waals surface area contributed by atoms with Crippen molar-refractivity contribution in [2.75, 3.05) is 12.0 Å². The van der Waals surface area contributed by atoms with Gasteiger partial charge >= 0.3 is 0 Å². The van der Waals surface area contributed by atoms with Crippen molar-refractivity contribution >= 4 is 28.2 Å². The quantitative estimate of drug-likeness (QED) is 0.589. The minimum Gasteiger partial charge on any atom is -0.375 e. The van der Waals surface area contributed by atoms with Gasteiger partial charge in [0, 0.05) is 11.8 Å². The number of thioether (sulfide) groups is 1. The second kappa shape index (κ2) is 5.79. The Bertz CT molecular complexity index is 788. The molecule has 0 radical (unpaired) electrons. The van der Waals surface area contributed by atoms with Crippen LogP contribution in [0.1, 0.15) is 0 Å². The number of hydrogen-bond donors (Lipinski definition) is 1. The van der Waals surface area contributed by atoms with Crippen LogP contribution < -0.4 is 5.73 Å². The summed E-state index contributed by atoms with van der Waals surface area (Å²) in [6.45, 7) is 0. The molecule has 0 unspecified atom stereocenters. The molecule has 0 spiro atoms. The van der Waals surface area contributed by atoms with Gasteiger partial charge < -0.3 is 5.73 Å². The van der Waals surface area contributed by atoms with E-state index in [2.05, 4.69) is 15.0 Å². The van der Waals surface area contributed by atoms with E-state index in [4.69, 9.17) is 5.73 Å². The first-order valence-electron chi connectivity index (χ1n) is 6.07. The summed E-state index contributed by atoms with van der Waals surface area (Å²) >= 11 is 2.79. The maximum atomic E-state index is 13.4. The van der Waals surface area contributed by atoms with Crippen molar-refractivity contribution in [1.29, 1.82) is 0 Å². The first-order valence-corrected chi connectivity index (χ1v) is 8.11. The summed E-state index contributed by atoms with van der Waals surface area (Å²) < 4.78 is 13.4. The molecule has 3 aromatic rings. The highest BCUT2D eigenvalue weighted by atomic mass is 32.2. The predicted octanol–water partition coefficient (Wildman–Crippen LogP) is 3.71. The fourth-order valence-electron chi connectivity index (χ4n) is 1.91. The van der Waals surface area contributed by atoms with Crippen LogP contribution in [-0.2, 0) is 0 Å². The predicted molar refractivity (Wildman–Crippen MR) is 84.7 cm³/mol. The second-order valence-electron chi connectivity index (χ2n) is 4.17. The molecule has 0 amide bonds. The summed E-state index contributed by atoms with van der Waals surface area (Å²) in [7, 11) is 0. The summed E-state index contributed by atoms with van der Waals surface area (Å²) in [5.74, 6) is -0.308. The molecule has 0 saturated heterocycles. The van der Waals surface area contributed by atoms with Crippen LogP contribution in [0.15, 0.2) is 41.7 Å². The van der Waals surface area contributed by atoms with E-state index in [1.54, 1.807) is 24.4 Å². The zero-order valence-corrected chi connectivity index (χ0v) is 12.7. The molecule has 2 aromatic heterocycles. The zero-order valence-electron chi connectivity index (χ0n) is 11.1. The number of nitrogens with zero attached hydrogens (tertiary/aromatic N) is 3. The van der Waals surface area contributed by atoms with Crippen molar-refractivity contribution in [3.63, 3.8) is 0 Å². The Morgan fingerprint density at radius 3 is 2.86 bits per heavy atom. The van der Waals surface area contributed by atoms with E-state index in [1.807, 2.05) is 6.26 Å². The van der Waals surface area contributed by atoms with Gasteiger partial charge in [-0.25, -0.2) is 19.3 Å². The second-order valence-corrected chi connectivity index (χ2v) is 5.97. The molecular weight excluding hydrogens is 307 g/mol. The zero-order chi connectivity index (χ0) is 14.8. The molecule has 0 aliphatic rings. The van der Waals surface area contributed by atoms with E-state index in [-0.39, 0.29) is 5.82 Å². The molecule has 1 aromatic carbocycles. The maximum Gasteiger partial charge on any atom is 0.187 e. The van der Waals surface area contributed by atoms with Gasteiger partial charge in [-0.3, -0.25) is 0 Å². The molecule has 2 N–H and O–H groups in total. The topological polar surface area (TPSA) is 64.7 Å². The molecule has 106 valence electrons. The Kier molecular flexibility index (Phi) is 3.85. The first-order chi connectivity index (χ1) is 10.2. The van der Waals surface area contributed by atoms with Crippen molar-refractivity contribution in [2.24, 2.45) is 0 Å². The molecule has 2 heterocycles. The maximum absolute atomic E-state index is 13.4. The van der Waals surface area contributed by atoms with Crippen LogP contribution in [0.4, 0.5) is 9.52 Å². The SMILES string of the molecule is CSc1nccc(-c2sc(N)nc2-c2cccc(F)c2)n1. The average Bonchev–Trinajstić information content (AvgIpc) is 2.89. The summed E-state index contributed by atoms with van der Waals surface area (Å²) in [6.07, 6.45) is 3.60. The van der Waals surface area contributed by atoms with Gasteiger partial charge in [-0.1, -0.05) is 35.2 Å². The van der Waals surface area contributed by atoms with E-state index in [0.29, 0.717) is 21.5 Å². The number of aromatic nitrogens is 3. The number of anilines is 1. The molecule has 4 nitrogen and oxygen atoms in total. The van der Waals surface area contributed by atoms with E-state index in [1.165, 1.54) is 35.2 Å². The lowest BCUT2D eigenvalue weighted by atomic mass is 10.1. The summed E-state index contributed by atoms with van der Waals surface area (Å²) in [5.41, 5.74) is 7.89. The van der Waals surface area contributed by atoms with E-state index < -0.39 is 0 Å². The monoisotopic (exact) mass is 318 g/mol. The van der Waals surface area contributed by atoms with Crippen molar-refractivity contribution in [3.05, 3.63) is 42.3 Å². The molecule has 0 bridgehead atoms. The van der Waals surface area contributed by atoms with Crippen molar-refractivity contribution in [2.45, 2.75) is 5.16 Å². The highest BCUT2D eigenvalue weighted by molar-refractivity contribution is 7.98. The summed E-state index contributed by atoms with van der Waals surface area (Å²) in [5, 5.41) is 1.10. The number of hydrogen-bond acceptors (Lipinski definition) is 6. The van der Waals surface area contributed by atoms with Crippen LogP contribution in [0, 0.1) is 5.82 Å². The van der Waals surface area contributed by atoms with E-state index in [0.717, 1.165) is 10.6 Å². The largest absolute Gasteiger partial charge is 0.375 e. The number of benzene rings is 1. The first kappa shape index (κ1) is 14.0. The molecule has 0 saturated carbocycles. The van der Waals surface area contributed by atoms with Crippen LogP contribution in [0.3, 0.4) is 0 Å². The van der Waals surface area contributed by atoms with Gasteiger partial charge in [-0.2, -0.15) is 0 Å². The third kappa shape index (κ3) is 2.88. The molecule has 0 aliphatic carbocycles. The Hall–Kier alpha value is -1.99. The fraction of sp³-hybridized carbons (Fsp3) is 0.0714. The molecule has 3 rings (SSSR count). The number of thiazole rings is 1.